The van der Waals surface area contributed by atoms with E-state index in [1.54, 1.807) is 0 Å². The maximum absolute atomic E-state index is 12.1. The van der Waals surface area contributed by atoms with Gasteiger partial charge in [0.15, 0.2) is 0 Å². The van der Waals surface area contributed by atoms with Gasteiger partial charge >= 0.3 is 6.18 Å². The third-order valence-electron chi connectivity index (χ3n) is 2.61. The number of nitrogens with zero attached hydrogens (tertiary/aromatic N) is 1. The van der Waals surface area contributed by atoms with Gasteiger partial charge in [0.05, 0.1) is 0 Å². The molecule has 1 amide bonds. The molecular formula is C11H18F3NO. The lowest BCUT2D eigenvalue weighted by molar-refractivity contribution is -0.161. The maximum atomic E-state index is 12.1. The average molecular weight is 237 g/mol. The zero-order valence-electron chi connectivity index (χ0n) is 9.68. The summed E-state index contributed by atoms with van der Waals surface area (Å²) in [5.74, 6) is -0.365. The van der Waals surface area contributed by atoms with Crippen molar-refractivity contribution >= 4 is 5.91 Å². The molecule has 1 saturated carbocycles. The fourth-order valence-electron chi connectivity index (χ4n) is 1.57. The van der Waals surface area contributed by atoms with E-state index in [4.69, 9.17) is 0 Å². The molecule has 94 valence electrons. The van der Waals surface area contributed by atoms with Crippen molar-refractivity contribution in [1.29, 1.82) is 0 Å². The summed E-state index contributed by atoms with van der Waals surface area (Å²) in [5, 5.41) is 0. The van der Waals surface area contributed by atoms with E-state index in [0.29, 0.717) is 12.5 Å². The molecule has 5 heteroatoms. The van der Waals surface area contributed by atoms with Crippen molar-refractivity contribution in [2.24, 2.45) is 5.92 Å². The molecule has 0 aliphatic heterocycles. The van der Waals surface area contributed by atoms with Crippen LogP contribution in [0.3, 0.4) is 0 Å². The van der Waals surface area contributed by atoms with Crippen molar-refractivity contribution < 1.29 is 18.0 Å². The Labute approximate surface area is 93.8 Å². The van der Waals surface area contributed by atoms with E-state index >= 15 is 0 Å². The molecule has 0 unspecified atom stereocenters. The van der Waals surface area contributed by atoms with Crippen LogP contribution in [0.15, 0.2) is 0 Å². The second-order valence-electron chi connectivity index (χ2n) is 4.79. The Morgan fingerprint density at radius 1 is 1.38 bits per heavy atom. The lowest BCUT2D eigenvalue weighted by Crippen LogP contribution is -2.37. The Morgan fingerprint density at radius 2 is 1.94 bits per heavy atom. The Bertz CT molecular complexity index is 246. The molecule has 0 aromatic rings. The quantitative estimate of drug-likeness (QED) is 0.719. The molecule has 16 heavy (non-hydrogen) atoms. The molecule has 2 nitrogen and oxygen atoms in total. The lowest BCUT2D eigenvalue weighted by atomic mass is 10.1. The molecule has 1 rings (SSSR count). The summed E-state index contributed by atoms with van der Waals surface area (Å²) in [7, 11) is 0. The Kier molecular flexibility index (Phi) is 4.21. The number of hydrogen-bond acceptors (Lipinski definition) is 1. The largest absolute Gasteiger partial charge is 0.397 e. The summed E-state index contributed by atoms with van der Waals surface area (Å²) >= 11 is 0. The van der Waals surface area contributed by atoms with Gasteiger partial charge in [-0.15, -0.1) is 0 Å². The minimum Gasteiger partial charge on any atom is -0.339 e. The van der Waals surface area contributed by atoms with Crippen LogP contribution in [0, 0.1) is 5.92 Å². The molecule has 0 aromatic carbocycles. The molecule has 1 aliphatic rings. The average Bonchev–Trinajstić information content (AvgIpc) is 2.84. The van der Waals surface area contributed by atoms with Crippen LogP contribution in [0.1, 0.15) is 39.5 Å². The number of halogens is 3. The maximum Gasteiger partial charge on any atom is 0.397 e. The van der Waals surface area contributed by atoms with E-state index < -0.39 is 18.5 Å². The second-order valence-corrected chi connectivity index (χ2v) is 4.79. The Hall–Kier alpha value is -0.740. The first-order valence-electron chi connectivity index (χ1n) is 5.66. The zero-order valence-corrected chi connectivity index (χ0v) is 9.68. The first-order valence-corrected chi connectivity index (χ1v) is 5.66. The highest BCUT2D eigenvalue weighted by Gasteiger charge is 2.38. The van der Waals surface area contributed by atoms with Crippen LogP contribution in [0.2, 0.25) is 0 Å². The highest BCUT2D eigenvalue weighted by atomic mass is 19.4. The number of rotatable bonds is 5. The standard InChI is InChI=1S/C11H18F3NO/c1-8(2)5-6-15(9-3-4-9)10(16)7-11(12,13)14/h8-9H,3-7H2,1-2H3. The van der Waals surface area contributed by atoms with Gasteiger partial charge in [0.2, 0.25) is 5.91 Å². The van der Waals surface area contributed by atoms with E-state index in [1.807, 2.05) is 13.8 Å². The van der Waals surface area contributed by atoms with E-state index in [2.05, 4.69) is 0 Å². The van der Waals surface area contributed by atoms with Crippen molar-refractivity contribution in [3.63, 3.8) is 0 Å². The Morgan fingerprint density at radius 3 is 2.31 bits per heavy atom. The predicted molar refractivity (Wildman–Crippen MR) is 54.9 cm³/mol. The summed E-state index contributed by atoms with van der Waals surface area (Å²) in [6.07, 6.45) is -3.24. The second kappa shape index (κ2) is 5.06. The topological polar surface area (TPSA) is 20.3 Å². The highest BCUT2D eigenvalue weighted by Crippen LogP contribution is 2.30. The summed E-state index contributed by atoms with van der Waals surface area (Å²) in [6, 6.07) is 0.0635. The van der Waals surface area contributed by atoms with Gasteiger partial charge in [0, 0.05) is 12.6 Å². The SMILES string of the molecule is CC(C)CCN(C(=O)CC(F)(F)F)C1CC1. The minimum absolute atomic E-state index is 0.0635. The van der Waals surface area contributed by atoms with Gasteiger partial charge in [-0.1, -0.05) is 13.8 Å². The summed E-state index contributed by atoms with van der Waals surface area (Å²) in [4.78, 5) is 12.9. The van der Waals surface area contributed by atoms with Crippen molar-refractivity contribution in [2.75, 3.05) is 6.54 Å². The van der Waals surface area contributed by atoms with Crippen LogP contribution in [0.4, 0.5) is 13.2 Å². The van der Waals surface area contributed by atoms with Crippen LogP contribution >= 0.6 is 0 Å². The molecule has 1 aliphatic carbocycles. The van der Waals surface area contributed by atoms with Crippen molar-refractivity contribution in [3.05, 3.63) is 0 Å². The molecule has 0 saturated heterocycles. The van der Waals surface area contributed by atoms with Gasteiger partial charge in [-0.3, -0.25) is 4.79 Å². The molecule has 0 heterocycles. The monoisotopic (exact) mass is 237 g/mol. The molecule has 0 radical (unpaired) electrons. The van der Waals surface area contributed by atoms with Gasteiger partial charge in [-0.25, -0.2) is 0 Å². The van der Waals surface area contributed by atoms with Gasteiger partial charge in [-0.05, 0) is 25.2 Å². The van der Waals surface area contributed by atoms with Crippen LogP contribution in [-0.2, 0) is 4.79 Å². The number of alkyl halides is 3. The summed E-state index contributed by atoms with van der Waals surface area (Å²) < 4.78 is 36.3. The van der Waals surface area contributed by atoms with E-state index in [1.165, 1.54) is 4.90 Å². The van der Waals surface area contributed by atoms with Gasteiger partial charge in [-0.2, -0.15) is 13.2 Å². The van der Waals surface area contributed by atoms with Gasteiger partial charge in [0.25, 0.3) is 0 Å². The molecule has 0 aromatic heterocycles. The number of hydrogen-bond donors (Lipinski definition) is 0. The zero-order chi connectivity index (χ0) is 12.3. The highest BCUT2D eigenvalue weighted by molar-refractivity contribution is 5.77. The van der Waals surface area contributed by atoms with E-state index in [-0.39, 0.29) is 6.04 Å². The van der Waals surface area contributed by atoms with Crippen LogP contribution in [0.5, 0.6) is 0 Å². The fraction of sp³-hybridized carbons (Fsp3) is 0.909. The molecule has 1 fully saturated rings. The smallest absolute Gasteiger partial charge is 0.339 e. The van der Waals surface area contributed by atoms with Crippen LogP contribution in [0.25, 0.3) is 0 Å². The summed E-state index contributed by atoms with van der Waals surface area (Å²) in [5.41, 5.74) is 0. The van der Waals surface area contributed by atoms with Crippen molar-refractivity contribution in [3.8, 4) is 0 Å². The predicted octanol–water partition coefficient (Wildman–Crippen LogP) is 2.98. The number of carbonyl (C=O) groups excluding carboxylic acids is 1. The number of carbonyl (C=O) groups is 1. The van der Waals surface area contributed by atoms with Crippen molar-refractivity contribution in [2.45, 2.75) is 51.7 Å². The first-order chi connectivity index (χ1) is 7.29. The number of amides is 1. The van der Waals surface area contributed by atoms with E-state index in [9.17, 15) is 18.0 Å². The van der Waals surface area contributed by atoms with E-state index in [0.717, 1.165) is 19.3 Å². The first kappa shape index (κ1) is 13.3. The third kappa shape index (κ3) is 4.86. The summed E-state index contributed by atoms with van der Waals surface area (Å²) in [6.45, 7) is 4.45. The van der Waals surface area contributed by atoms with Crippen LogP contribution in [-0.4, -0.2) is 29.6 Å². The third-order valence-corrected chi connectivity index (χ3v) is 2.61. The molecule has 0 spiro atoms. The normalized spacial score (nSPS) is 16.6. The Balaban J connectivity index is 2.46. The molecular weight excluding hydrogens is 219 g/mol. The molecule has 0 N–H and O–H groups in total. The fourth-order valence-corrected chi connectivity index (χ4v) is 1.57. The van der Waals surface area contributed by atoms with Crippen molar-refractivity contribution in [1.82, 2.24) is 4.90 Å². The molecule has 0 bridgehead atoms. The van der Waals surface area contributed by atoms with Gasteiger partial charge < -0.3 is 4.90 Å². The minimum atomic E-state index is -4.39. The molecule has 0 atom stereocenters. The van der Waals surface area contributed by atoms with Gasteiger partial charge in [0.1, 0.15) is 6.42 Å². The lowest BCUT2D eigenvalue weighted by Gasteiger charge is -2.24. The van der Waals surface area contributed by atoms with Crippen LogP contribution < -0.4 is 0 Å².